The number of unbranched alkanes of at least 4 members (excludes halogenated alkanes) is 3. The highest BCUT2D eigenvalue weighted by molar-refractivity contribution is 7.91. The fraction of sp³-hybridized carbons (Fsp3) is 0.750. The largest absolute Gasteiger partial charge is 0.379 e. The van der Waals surface area contributed by atoms with Gasteiger partial charge in [0.25, 0.3) is 10.0 Å². The Labute approximate surface area is 144 Å². The number of sulfonamides is 1. The van der Waals surface area contributed by atoms with E-state index in [1.54, 1.807) is 16.4 Å². The van der Waals surface area contributed by atoms with Crippen LogP contribution in [0.25, 0.3) is 0 Å². The third kappa shape index (κ3) is 5.83. The molecule has 0 atom stereocenters. The van der Waals surface area contributed by atoms with E-state index < -0.39 is 10.0 Å². The molecule has 7 heteroatoms. The van der Waals surface area contributed by atoms with Crippen molar-refractivity contribution in [2.75, 3.05) is 45.9 Å². The van der Waals surface area contributed by atoms with Gasteiger partial charge in [-0.15, -0.1) is 11.3 Å². The number of thiophene rings is 1. The minimum absolute atomic E-state index is 0.454. The van der Waals surface area contributed by atoms with E-state index in [-0.39, 0.29) is 0 Å². The summed E-state index contributed by atoms with van der Waals surface area (Å²) in [7, 11) is -3.35. The smallest absolute Gasteiger partial charge is 0.252 e. The van der Waals surface area contributed by atoms with Gasteiger partial charge in [-0.3, -0.25) is 4.90 Å². The number of nitrogens with zero attached hydrogens (tertiary/aromatic N) is 2. The number of hydrogen-bond acceptors (Lipinski definition) is 5. The molecule has 0 spiro atoms. The van der Waals surface area contributed by atoms with Crippen molar-refractivity contribution in [1.29, 1.82) is 0 Å². The van der Waals surface area contributed by atoms with Gasteiger partial charge in [-0.05, 0) is 17.9 Å². The van der Waals surface area contributed by atoms with Crippen LogP contribution in [0.4, 0.5) is 0 Å². The van der Waals surface area contributed by atoms with Crippen LogP contribution in [-0.2, 0) is 14.8 Å². The van der Waals surface area contributed by atoms with Crippen LogP contribution in [0, 0.1) is 0 Å². The van der Waals surface area contributed by atoms with E-state index in [1.807, 2.05) is 5.38 Å². The van der Waals surface area contributed by atoms with Gasteiger partial charge in [-0.2, -0.15) is 4.31 Å². The Kier molecular flexibility index (Phi) is 7.98. The summed E-state index contributed by atoms with van der Waals surface area (Å²) in [5, 5.41) is 1.82. The molecule has 1 aliphatic rings. The molecule has 1 fully saturated rings. The maximum Gasteiger partial charge on any atom is 0.252 e. The fourth-order valence-corrected chi connectivity index (χ4v) is 5.30. The lowest BCUT2D eigenvalue weighted by Gasteiger charge is -2.29. The second-order valence-corrected chi connectivity index (χ2v) is 8.96. The van der Waals surface area contributed by atoms with E-state index >= 15 is 0 Å². The van der Waals surface area contributed by atoms with Gasteiger partial charge in [-0.25, -0.2) is 8.42 Å². The summed E-state index contributed by atoms with van der Waals surface area (Å²) in [4.78, 5) is 2.28. The second kappa shape index (κ2) is 9.74. The van der Waals surface area contributed by atoms with Gasteiger partial charge in [0.1, 0.15) is 4.21 Å². The quantitative estimate of drug-likeness (QED) is 0.602. The molecule has 0 radical (unpaired) electrons. The van der Waals surface area contributed by atoms with Crippen molar-refractivity contribution < 1.29 is 13.2 Å². The van der Waals surface area contributed by atoms with Crippen LogP contribution in [0.5, 0.6) is 0 Å². The summed E-state index contributed by atoms with van der Waals surface area (Å²) in [5.74, 6) is 0. The Hall–Kier alpha value is -0.470. The van der Waals surface area contributed by atoms with Crippen LogP contribution in [0.1, 0.15) is 32.6 Å². The van der Waals surface area contributed by atoms with Crippen molar-refractivity contribution in [3.05, 3.63) is 17.5 Å². The van der Waals surface area contributed by atoms with Crippen LogP contribution in [-0.4, -0.2) is 63.6 Å². The fourth-order valence-electron chi connectivity index (χ4n) is 2.68. The van der Waals surface area contributed by atoms with Crippen molar-refractivity contribution in [2.45, 2.75) is 36.8 Å². The summed E-state index contributed by atoms with van der Waals surface area (Å²) < 4.78 is 33.1. The first-order chi connectivity index (χ1) is 11.1. The van der Waals surface area contributed by atoms with E-state index in [2.05, 4.69) is 11.8 Å². The summed E-state index contributed by atoms with van der Waals surface area (Å²) >= 11 is 1.30. The van der Waals surface area contributed by atoms with E-state index in [4.69, 9.17) is 4.74 Å². The highest BCUT2D eigenvalue weighted by Gasteiger charge is 2.25. The van der Waals surface area contributed by atoms with Gasteiger partial charge in [0.2, 0.25) is 0 Å². The standard InChI is InChI=1S/C16H28N2O3S2/c1-2-3-4-5-8-18(10-9-17-11-13-21-14-12-17)23(19,20)16-7-6-15-22-16/h6-7,15H,2-5,8-14H2,1H3. The molecule has 1 aliphatic heterocycles. The van der Waals surface area contributed by atoms with Gasteiger partial charge in [-0.1, -0.05) is 32.3 Å². The van der Waals surface area contributed by atoms with E-state index in [1.165, 1.54) is 11.3 Å². The van der Waals surface area contributed by atoms with Gasteiger partial charge in [0, 0.05) is 32.7 Å². The van der Waals surface area contributed by atoms with Crippen molar-refractivity contribution in [2.24, 2.45) is 0 Å². The van der Waals surface area contributed by atoms with Gasteiger partial charge >= 0.3 is 0 Å². The van der Waals surface area contributed by atoms with E-state index in [0.717, 1.165) is 58.5 Å². The van der Waals surface area contributed by atoms with Crippen LogP contribution < -0.4 is 0 Å². The molecule has 1 aromatic rings. The first-order valence-electron chi connectivity index (χ1n) is 8.48. The average molecular weight is 361 g/mol. The normalized spacial score (nSPS) is 17.0. The van der Waals surface area contributed by atoms with Crippen molar-refractivity contribution in [3.8, 4) is 0 Å². The second-order valence-electron chi connectivity index (χ2n) is 5.85. The molecule has 0 N–H and O–H groups in total. The number of rotatable bonds is 10. The molecule has 23 heavy (non-hydrogen) atoms. The topological polar surface area (TPSA) is 49.9 Å². The number of ether oxygens (including phenoxy) is 1. The Bertz CT molecular complexity index is 526. The molecule has 0 unspecified atom stereocenters. The molecule has 5 nitrogen and oxygen atoms in total. The summed E-state index contributed by atoms with van der Waals surface area (Å²) in [6.45, 7) is 7.39. The van der Waals surface area contributed by atoms with Gasteiger partial charge in [0.15, 0.2) is 0 Å². The molecule has 1 saturated heterocycles. The number of morpholine rings is 1. The van der Waals surface area contributed by atoms with Crippen LogP contribution in [0.15, 0.2) is 21.7 Å². The van der Waals surface area contributed by atoms with E-state index in [9.17, 15) is 8.42 Å². The maximum atomic E-state index is 12.8. The molecule has 0 aliphatic carbocycles. The Morgan fingerprint density at radius 2 is 2.00 bits per heavy atom. The third-order valence-electron chi connectivity index (χ3n) is 4.12. The number of hydrogen-bond donors (Lipinski definition) is 0. The predicted molar refractivity (Wildman–Crippen MR) is 94.5 cm³/mol. The molecule has 1 aromatic heterocycles. The zero-order valence-corrected chi connectivity index (χ0v) is 15.6. The predicted octanol–water partition coefficient (Wildman–Crippen LogP) is 2.65. The minimum atomic E-state index is -3.35. The average Bonchev–Trinajstić information content (AvgIpc) is 3.10. The van der Waals surface area contributed by atoms with Crippen molar-refractivity contribution >= 4 is 21.4 Å². The Morgan fingerprint density at radius 1 is 1.22 bits per heavy atom. The summed E-state index contributed by atoms with van der Waals surface area (Å²) in [6.07, 6.45) is 4.34. The lowest BCUT2D eigenvalue weighted by atomic mass is 10.2. The zero-order chi connectivity index (χ0) is 16.5. The molecular weight excluding hydrogens is 332 g/mol. The monoisotopic (exact) mass is 360 g/mol. The minimum Gasteiger partial charge on any atom is -0.379 e. The van der Waals surface area contributed by atoms with Gasteiger partial charge in [0.05, 0.1) is 13.2 Å². The lowest BCUT2D eigenvalue weighted by molar-refractivity contribution is 0.0363. The first kappa shape index (κ1) is 18.9. The molecule has 0 bridgehead atoms. The third-order valence-corrected chi connectivity index (χ3v) is 7.39. The summed E-state index contributed by atoms with van der Waals surface area (Å²) in [5.41, 5.74) is 0. The van der Waals surface area contributed by atoms with Crippen LogP contribution in [0.3, 0.4) is 0 Å². The molecule has 2 heterocycles. The molecule has 132 valence electrons. The molecular formula is C16H28N2O3S2. The van der Waals surface area contributed by atoms with Crippen LogP contribution >= 0.6 is 11.3 Å². The zero-order valence-electron chi connectivity index (χ0n) is 13.9. The van der Waals surface area contributed by atoms with Crippen molar-refractivity contribution in [1.82, 2.24) is 9.21 Å². The SMILES string of the molecule is CCCCCCN(CCN1CCOCC1)S(=O)(=O)c1cccs1. The maximum absolute atomic E-state index is 12.8. The molecule has 0 amide bonds. The lowest BCUT2D eigenvalue weighted by Crippen LogP contribution is -2.43. The highest BCUT2D eigenvalue weighted by atomic mass is 32.2. The van der Waals surface area contributed by atoms with Crippen LogP contribution in [0.2, 0.25) is 0 Å². The Morgan fingerprint density at radius 3 is 2.65 bits per heavy atom. The molecule has 0 aromatic carbocycles. The highest BCUT2D eigenvalue weighted by Crippen LogP contribution is 2.21. The van der Waals surface area contributed by atoms with E-state index in [0.29, 0.717) is 17.3 Å². The molecule has 0 saturated carbocycles. The Balaban J connectivity index is 1.95. The molecule has 2 rings (SSSR count). The van der Waals surface area contributed by atoms with Crippen molar-refractivity contribution in [3.63, 3.8) is 0 Å². The first-order valence-corrected chi connectivity index (χ1v) is 10.8. The van der Waals surface area contributed by atoms with Gasteiger partial charge < -0.3 is 4.74 Å². The summed E-state index contributed by atoms with van der Waals surface area (Å²) in [6, 6.07) is 3.50.